The van der Waals surface area contributed by atoms with E-state index in [4.69, 9.17) is 0 Å². The fourth-order valence-corrected chi connectivity index (χ4v) is 1.54. The summed E-state index contributed by atoms with van der Waals surface area (Å²) in [5.41, 5.74) is 1.19. The van der Waals surface area contributed by atoms with Gasteiger partial charge in [-0.05, 0) is 6.92 Å². The van der Waals surface area contributed by atoms with E-state index in [0.29, 0.717) is 28.9 Å². The highest BCUT2D eigenvalue weighted by molar-refractivity contribution is 5.53. The summed E-state index contributed by atoms with van der Waals surface area (Å²) in [5.74, 6) is 1.54. The number of aryl methyl sites for hydroxylation is 1. The first-order chi connectivity index (χ1) is 9.33. The lowest BCUT2D eigenvalue weighted by molar-refractivity contribution is 0.968. The van der Waals surface area contributed by atoms with E-state index in [1.807, 2.05) is 0 Å². The molecule has 0 amide bonds. The molecule has 0 aliphatic rings. The molecule has 0 bridgehead atoms. The van der Waals surface area contributed by atoms with E-state index < -0.39 is 0 Å². The first kappa shape index (κ1) is 11.3. The van der Waals surface area contributed by atoms with E-state index >= 15 is 0 Å². The van der Waals surface area contributed by atoms with Crippen molar-refractivity contribution in [2.45, 2.75) is 6.92 Å². The van der Waals surface area contributed by atoms with Gasteiger partial charge in [0.05, 0.1) is 12.4 Å². The fraction of sp³-hybridized carbons (Fsp3) is 0.0833. The molecule has 3 aromatic heterocycles. The summed E-state index contributed by atoms with van der Waals surface area (Å²) < 4.78 is 0. The number of rotatable bonds is 2. The Labute approximate surface area is 108 Å². The van der Waals surface area contributed by atoms with Crippen LogP contribution in [-0.2, 0) is 0 Å². The maximum Gasteiger partial charge on any atom is 0.183 e. The lowest BCUT2D eigenvalue weighted by atomic mass is 10.3. The molecule has 92 valence electrons. The van der Waals surface area contributed by atoms with Crippen LogP contribution >= 0.6 is 0 Å². The molecule has 0 fully saturated rings. The summed E-state index contributed by atoms with van der Waals surface area (Å²) in [6.45, 7) is 1.79. The molecule has 3 aromatic rings. The quantitative estimate of drug-likeness (QED) is 0.673. The molecular weight excluding hydrogens is 242 g/mol. The van der Waals surface area contributed by atoms with Crippen LogP contribution in [0.2, 0.25) is 0 Å². The van der Waals surface area contributed by atoms with Gasteiger partial charge in [0, 0.05) is 24.8 Å². The third-order valence-corrected chi connectivity index (χ3v) is 2.33. The van der Waals surface area contributed by atoms with Gasteiger partial charge in [0.1, 0.15) is 17.2 Å². The van der Waals surface area contributed by atoms with Crippen LogP contribution in [0.5, 0.6) is 0 Å². The average Bonchev–Trinajstić information content (AvgIpc) is 2.48. The van der Waals surface area contributed by atoms with Crippen molar-refractivity contribution in [1.82, 2.24) is 34.9 Å². The van der Waals surface area contributed by atoms with Gasteiger partial charge in [-0.25, -0.2) is 24.9 Å². The first-order valence-electron chi connectivity index (χ1n) is 5.58. The third kappa shape index (κ3) is 2.39. The smallest absolute Gasteiger partial charge is 0.183 e. The lowest BCUT2D eigenvalue weighted by Gasteiger charge is -2.03. The molecule has 0 unspecified atom stereocenters. The number of hydrogen-bond acceptors (Lipinski definition) is 7. The molecule has 0 aromatic carbocycles. The summed E-state index contributed by atoms with van der Waals surface area (Å²) in [4.78, 5) is 29.2. The summed E-state index contributed by atoms with van der Waals surface area (Å²) >= 11 is 0. The van der Waals surface area contributed by atoms with Crippen molar-refractivity contribution in [3.63, 3.8) is 0 Å². The zero-order valence-corrected chi connectivity index (χ0v) is 10.1. The van der Waals surface area contributed by atoms with Crippen LogP contribution in [0.15, 0.2) is 37.2 Å². The Kier molecular flexibility index (Phi) is 2.85. The summed E-state index contributed by atoms with van der Waals surface area (Å²) in [5, 5.41) is 0. The molecule has 0 spiro atoms. The monoisotopic (exact) mass is 251 g/mol. The number of nitrogens with zero attached hydrogens (tertiary/aromatic N) is 7. The van der Waals surface area contributed by atoms with E-state index in [9.17, 15) is 0 Å². The largest absolute Gasteiger partial charge is 0.261 e. The molecular formula is C12H9N7. The SMILES string of the molecule is Cc1nc(-c2cnccn2)nc(-c2cnccn2)n1. The predicted molar refractivity (Wildman–Crippen MR) is 66.6 cm³/mol. The standard InChI is InChI=1S/C12H9N7/c1-8-17-11(9-6-13-2-4-15-9)19-12(18-8)10-7-14-3-5-16-10/h2-7H,1H3. The third-order valence-electron chi connectivity index (χ3n) is 2.33. The topological polar surface area (TPSA) is 90.2 Å². The minimum absolute atomic E-state index is 0.473. The van der Waals surface area contributed by atoms with Crippen molar-refractivity contribution in [2.24, 2.45) is 0 Å². The Morgan fingerprint density at radius 2 is 1.21 bits per heavy atom. The maximum absolute atomic E-state index is 4.35. The van der Waals surface area contributed by atoms with E-state index in [2.05, 4.69) is 34.9 Å². The van der Waals surface area contributed by atoms with Gasteiger partial charge in [0.15, 0.2) is 11.6 Å². The van der Waals surface area contributed by atoms with Crippen molar-refractivity contribution in [2.75, 3.05) is 0 Å². The van der Waals surface area contributed by atoms with Gasteiger partial charge in [-0.2, -0.15) is 0 Å². The Balaban J connectivity index is 2.12. The molecule has 0 N–H and O–H groups in total. The Morgan fingerprint density at radius 1 is 0.684 bits per heavy atom. The summed E-state index contributed by atoms with van der Waals surface area (Å²) in [7, 11) is 0. The minimum Gasteiger partial charge on any atom is -0.261 e. The molecule has 0 saturated carbocycles. The highest BCUT2D eigenvalue weighted by atomic mass is 15.1. The van der Waals surface area contributed by atoms with Crippen LogP contribution < -0.4 is 0 Å². The molecule has 0 aliphatic heterocycles. The van der Waals surface area contributed by atoms with E-state index in [1.165, 1.54) is 0 Å². The second kappa shape index (κ2) is 4.81. The maximum atomic E-state index is 4.35. The average molecular weight is 251 g/mol. The van der Waals surface area contributed by atoms with Gasteiger partial charge in [-0.3, -0.25) is 9.97 Å². The van der Waals surface area contributed by atoms with Gasteiger partial charge in [0.25, 0.3) is 0 Å². The zero-order valence-electron chi connectivity index (χ0n) is 10.1. The fourth-order valence-electron chi connectivity index (χ4n) is 1.54. The normalized spacial score (nSPS) is 10.4. The van der Waals surface area contributed by atoms with Crippen LogP contribution in [0.25, 0.3) is 23.0 Å². The second-order valence-electron chi connectivity index (χ2n) is 3.71. The van der Waals surface area contributed by atoms with Crippen LogP contribution in [0, 0.1) is 6.92 Å². The number of aromatic nitrogens is 7. The summed E-state index contributed by atoms with van der Waals surface area (Å²) in [6.07, 6.45) is 9.60. The molecule has 0 aliphatic carbocycles. The summed E-state index contributed by atoms with van der Waals surface area (Å²) in [6, 6.07) is 0. The van der Waals surface area contributed by atoms with E-state index in [0.717, 1.165) is 0 Å². The van der Waals surface area contributed by atoms with Crippen LogP contribution in [0.1, 0.15) is 5.82 Å². The van der Waals surface area contributed by atoms with Crippen molar-refractivity contribution >= 4 is 0 Å². The van der Waals surface area contributed by atoms with Gasteiger partial charge in [0.2, 0.25) is 0 Å². The molecule has 0 atom stereocenters. The predicted octanol–water partition coefficient (Wildman–Crippen LogP) is 1.09. The molecule has 3 heterocycles. The highest BCUT2D eigenvalue weighted by Gasteiger charge is 2.10. The molecule has 0 radical (unpaired) electrons. The molecule has 19 heavy (non-hydrogen) atoms. The Bertz CT molecular complexity index is 627. The molecule has 3 rings (SSSR count). The minimum atomic E-state index is 0.473. The van der Waals surface area contributed by atoms with Crippen molar-refractivity contribution in [3.8, 4) is 23.0 Å². The van der Waals surface area contributed by atoms with Gasteiger partial charge in [-0.15, -0.1) is 0 Å². The Morgan fingerprint density at radius 3 is 1.63 bits per heavy atom. The lowest BCUT2D eigenvalue weighted by Crippen LogP contribution is -2.01. The Hall–Kier alpha value is -2.83. The van der Waals surface area contributed by atoms with Gasteiger partial charge >= 0.3 is 0 Å². The van der Waals surface area contributed by atoms with Crippen LogP contribution in [0.3, 0.4) is 0 Å². The van der Waals surface area contributed by atoms with Crippen molar-refractivity contribution in [3.05, 3.63) is 43.0 Å². The van der Waals surface area contributed by atoms with E-state index in [-0.39, 0.29) is 0 Å². The van der Waals surface area contributed by atoms with E-state index in [1.54, 1.807) is 44.1 Å². The number of hydrogen-bond donors (Lipinski definition) is 0. The molecule has 7 heteroatoms. The second-order valence-corrected chi connectivity index (χ2v) is 3.71. The first-order valence-corrected chi connectivity index (χ1v) is 5.58. The van der Waals surface area contributed by atoms with Crippen LogP contribution in [0.4, 0.5) is 0 Å². The van der Waals surface area contributed by atoms with Crippen molar-refractivity contribution in [1.29, 1.82) is 0 Å². The van der Waals surface area contributed by atoms with Gasteiger partial charge in [-0.1, -0.05) is 0 Å². The van der Waals surface area contributed by atoms with Gasteiger partial charge < -0.3 is 0 Å². The van der Waals surface area contributed by atoms with Crippen molar-refractivity contribution < 1.29 is 0 Å². The van der Waals surface area contributed by atoms with Crippen LogP contribution in [-0.4, -0.2) is 34.9 Å². The zero-order chi connectivity index (χ0) is 13.1. The molecule has 7 nitrogen and oxygen atoms in total. The molecule has 0 saturated heterocycles. The highest BCUT2D eigenvalue weighted by Crippen LogP contribution is 2.15.